The third-order valence-electron chi connectivity index (χ3n) is 3.45. The van der Waals surface area contributed by atoms with Crippen molar-refractivity contribution in [1.29, 1.82) is 0 Å². The van der Waals surface area contributed by atoms with Gasteiger partial charge < -0.3 is 16.0 Å². The highest BCUT2D eigenvalue weighted by Gasteiger charge is 2.25. The van der Waals surface area contributed by atoms with Gasteiger partial charge in [0.2, 0.25) is 0 Å². The number of hydrogen-bond acceptors (Lipinski definition) is 4. The largest absolute Gasteiger partial charge is 0.367 e. The summed E-state index contributed by atoms with van der Waals surface area (Å²) in [5, 5.41) is 3.30. The lowest BCUT2D eigenvalue weighted by molar-refractivity contribution is 0.0790. The van der Waals surface area contributed by atoms with Crippen LogP contribution in [-0.4, -0.2) is 41.0 Å². The van der Waals surface area contributed by atoms with Crippen molar-refractivity contribution < 1.29 is 4.79 Å². The molecule has 0 bridgehead atoms. The minimum Gasteiger partial charge on any atom is -0.367 e. The first-order valence-electron chi connectivity index (χ1n) is 6.50. The smallest absolute Gasteiger partial charge is 0.255 e. The van der Waals surface area contributed by atoms with Crippen molar-refractivity contribution in [1.82, 2.24) is 9.88 Å². The molecule has 1 aromatic heterocycles. The van der Waals surface area contributed by atoms with Crippen molar-refractivity contribution in [3.8, 4) is 0 Å². The second-order valence-corrected chi connectivity index (χ2v) is 5.15. The van der Waals surface area contributed by atoms with E-state index in [4.69, 9.17) is 5.73 Å². The van der Waals surface area contributed by atoms with Crippen molar-refractivity contribution in [3.05, 3.63) is 23.9 Å². The first-order chi connectivity index (χ1) is 8.72. The fourth-order valence-corrected chi connectivity index (χ4v) is 2.20. The van der Waals surface area contributed by atoms with Crippen molar-refractivity contribution in [2.45, 2.75) is 31.3 Å². The van der Waals surface area contributed by atoms with E-state index in [9.17, 15) is 4.79 Å². The molecule has 5 heteroatoms. The Hall–Kier alpha value is -1.62. The number of pyridine rings is 1. The number of nitrogens with two attached hydrogens (primary N) is 1. The SMILES string of the molecule is N[C@@H]1CCN(C(=O)c2ccc(NC3CC3)nc2)C1. The minimum absolute atomic E-state index is 0.0356. The van der Waals surface area contributed by atoms with Crippen LogP contribution in [0, 0.1) is 0 Å². The number of hydrogen-bond donors (Lipinski definition) is 2. The normalized spacial score (nSPS) is 23.2. The molecule has 1 aliphatic heterocycles. The van der Waals surface area contributed by atoms with Gasteiger partial charge in [-0.25, -0.2) is 4.98 Å². The fraction of sp³-hybridized carbons (Fsp3) is 0.538. The Kier molecular flexibility index (Phi) is 2.91. The summed E-state index contributed by atoms with van der Waals surface area (Å²) in [5.41, 5.74) is 6.45. The van der Waals surface area contributed by atoms with Gasteiger partial charge in [0.1, 0.15) is 5.82 Å². The summed E-state index contributed by atoms with van der Waals surface area (Å²) in [4.78, 5) is 18.2. The molecule has 0 radical (unpaired) electrons. The Morgan fingerprint density at radius 1 is 1.39 bits per heavy atom. The van der Waals surface area contributed by atoms with Gasteiger partial charge in [0, 0.05) is 31.4 Å². The lowest BCUT2D eigenvalue weighted by atomic mass is 10.2. The summed E-state index contributed by atoms with van der Waals surface area (Å²) in [6, 6.07) is 4.42. The Morgan fingerprint density at radius 3 is 2.78 bits per heavy atom. The van der Waals surface area contributed by atoms with Crippen LogP contribution in [0.2, 0.25) is 0 Å². The molecule has 3 rings (SSSR count). The summed E-state index contributed by atoms with van der Waals surface area (Å²) >= 11 is 0. The Bertz CT molecular complexity index is 441. The summed E-state index contributed by atoms with van der Waals surface area (Å²) in [7, 11) is 0. The van der Waals surface area contributed by atoms with E-state index in [-0.39, 0.29) is 11.9 Å². The zero-order valence-corrected chi connectivity index (χ0v) is 10.3. The minimum atomic E-state index is 0.0356. The van der Waals surface area contributed by atoms with Crippen LogP contribution in [0.4, 0.5) is 5.82 Å². The van der Waals surface area contributed by atoms with Crippen molar-refractivity contribution in [3.63, 3.8) is 0 Å². The predicted molar refractivity (Wildman–Crippen MR) is 69.4 cm³/mol. The Morgan fingerprint density at radius 2 is 2.22 bits per heavy atom. The van der Waals surface area contributed by atoms with Gasteiger partial charge in [-0.1, -0.05) is 0 Å². The first kappa shape index (κ1) is 11.5. The van der Waals surface area contributed by atoms with Crippen LogP contribution in [0.1, 0.15) is 29.6 Å². The van der Waals surface area contributed by atoms with Gasteiger partial charge >= 0.3 is 0 Å². The molecule has 1 atom stereocenters. The average Bonchev–Trinajstić information content (AvgIpc) is 3.09. The summed E-state index contributed by atoms with van der Waals surface area (Å²) in [6.07, 6.45) is 4.97. The summed E-state index contributed by atoms with van der Waals surface area (Å²) < 4.78 is 0. The van der Waals surface area contributed by atoms with Crippen LogP contribution < -0.4 is 11.1 Å². The highest BCUT2D eigenvalue weighted by molar-refractivity contribution is 5.94. The van der Waals surface area contributed by atoms with E-state index in [0.717, 1.165) is 18.8 Å². The van der Waals surface area contributed by atoms with E-state index in [0.29, 0.717) is 18.2 Å². The topological polar surface area (TPSA) is 71.2 Å². The molecule has 96 valence electrons. The number of nitrogens with one attached hydrogen (secondary N) is 1. The fourth-order valence-electron chi connectivity index (χ4n) is 2.20. The van der Waals surface area contributed by atoms with Gasteiger partial charge in [-0.15, -0.1) is 0 Å². The average molecular weight is 246 g/mol. The molecule has 2 heterocycles. The molecule has 0 spiro atoms. The van der Waals surface area contributed by atoms with Crippen LogP contribution in [-0.2, 0) is 0 Å². The number of anilines is 1. The first-order valence-corrected chi connectivity index (χ1v) is 6.50. The van der Waals surface area contributed by atoms with Crippen molar-refractivity contribution in [2.24, 2.45) is 5.73 Å². The van der Waals surface area contributed by atoms with Gasteiger partial charge in [0.15, 0.2) is 0 Å². The molecule has 0 unspecified atom stereocenters. The van der Waals surface area contributed by atoms with E-state index < -0.39 is 0 Å². The number of rotatable bonds is 3. The number of likely N-dealkylation sites (tertiary alicyclic amines) is 1. The van der Waals surface area contributed by atoms with Gasteiger partial charge in [-0.2, -0.15) is 0 Å². The molecule has 1 saturated heterocycles. The van der Waals surface area contributed by atoms with Gasteiger partial charge in [0.05, 0.1) is 5.56 Å². The molecule has 0 aromatic carbocycles. The molecule has 1 saturated carbocycles. The van der Waals surface area contributed by atoms with Crippen LogP contribution in [0.25, 0.3) is 0 Å². The zero-order chi connectivity index (χ0) is 12.5. The van der Waals surface area contributed by atoms with E-state index in [1.807, 2.05) is 12.1 Å². The zero-order valence-electron chi connectivity index (χ0n) is 10.3. The number of carbonyl (C=O) groups is 1. The monoisotopic (exact) mass is 246 g/mol. The molecule has 2 fully saturated rings. The second kappa shape index (κ2) is 4.57. The lowest BCUT2D eigenvalue weighted by Crippen LogP contribution is -2.31. The molecule has 2 aliphatic rings. The highest BCUT2D eigenvalue weighted by Crippen LogP contribution is 2.23. The van der Waals surface area contributed by atoms with Crippen molar-refractivity contribution in [2.75, 3.05) is 18.4 Å². The lowest BCUT2D eigenvalue weighted by Gasteiger charge is -2.15. The quantitative estimate of drug-likeness (QED) is 0.828. The molecule has 18 heavy (non-hydrogen) atoms. The van der Waals surface area contributed by atoms with Crippen LogP contribution in [0.15, 0.2) is 18.3 Å². The molecular weight excluding hydrogens is 228 g/mol. The molecule has 1 aliphatic carbocycles. The Labute approximate surface area is 106 Å². The third-order valence-corrected chi connectivity index (χ3v) is 3.45. The van der Waals surface area contributed by atoms with Gasteiger partial charge in [0.25, 0.3) is 5.91 Å². The van der Waals surface area contributed by atoms with E-state index in [2.05, 4.69) is 10.3 Å². The van der Waals surface area contributed by atoms with Crippen LogP contribution >= 0.6 is 0 Å². The molecule has 3 N–H and O–H groups in total. The maximum Gasteiger partial charge on any atom is 0.255 e. The highest BCUT2D eigenvalue weighted by atomic mass is 16.2. The predicted octanol–water partition coefficient (Wildman–Crippen LogP) is 0.829. The molecule has 1 amide bonds. The van der Waals surface area contributed by atoms with Crippen LogP contribution in [0.3, 0.4) is 0 Å². The summed E-state index contributed by atoms with van der Waals surface area (Å²) in [5.74, 6) is 0.889. The van der Waals surface area contributed by atoms with E-state index in [1.165, 1.54) is 12.8 Å². The number of nitrogens with zero attached hydrogens (tertiary/aromatic N) is 2. The number of aromatic nitrogens is 1. The second-order valence-electron chi connectivity index (χ2n) is 5.15. The third kappa shape index (κ3) is 2.46. The van der Waals surface area contributed by atoms with Gasteiger partial charge in [-0.05, 0) is 31.4 Å². The van der Waals surface area contributed by atoms with Gasteiger partial charge in [-0.3, -0.25) is 4.79 Å². The van der Waals surface area contributed by atoms with Crippen LogP contribution in [0.5, 0.6) is 0 Å². The summed E-state index contributed by atoms with van der Waals surface area (Å²) in [6.45, 7) is 1.41. The molecular formula is C13H18N4O. The number of amides is 1. The number of carbonyl (C=O) groups excluding carboxylic acids is 1. The molecule has 1 aromatic rings. The van der Waals surface area contributed by atoms with E-state index in [1.54, 1.807) is 11.1 Å². The molecule has 5 nitrogen and oxygen atoms in total. The standard InChI is InChI=1S/C13H18N4O/c14-10-5-6-17(8-10)13(18)9-1-4-12(15-7-9)16-11-2-3-11/h1,4,7,10-11H,2-3,5-6,8,14H2,(H,15,16)/t10-/m1/s1. The van der Waals surface area contributed by atoms with Crippen molar-refractivity contribution >= 4 is 11.7 Å². The van der Waals surface area contributed by atoms with E-state index >= 15 is 0 Å². The Balaban J connectivity index is 1.65. The maximum atomic E-state index is 12.1. The maximum absolute atomic E-state index is 12.1.